The normalized spacial score (nSPS) is 38.6. The molecule has 1 rings (SSSR count). The molecule has 7 heavy (non-hydrogen) atoms. The van der Waals surface area contributed by atoms with Gasteiger partial charge >= 0.3 is 0 Å². The zero-order chi connectivity index (χ0) is 5.28. The fourth-order valence-electron chi connectivity index (χ4n) is 0.888. The van der Waals surface area contributed by atoms with Crippen molar-refractivity contribution in [2.75, 3.05) is 13.1 Å². The van der Waals surface area contributed by atoms with E-state index in [4.69, 9.17) is 11.5 Å². The first-order valence-corrected chi connectivity index (χ1v) is 2.78. The van der Waals surface area contributed by atoms with E-state index in [0.29, 0.717) is 0 Å². The molecule has 0 aromatic heterocycles. The fraction of sp³-hybridized carbons (Fsp3) is 1.00. The highest BCUT2D eigenvalue weighted by molar-refractivity contribution is 4.86. The van der Waals surface area contributed by atoms with Crippen LogP contribution < -0.4 is 11.5 Å². The molecule has 0 aromatic carbocycles. The lowest BCUT2D eigenvalue weighted by molar-refractivity contribution is 0.715. The van der Waals surface area contributed by atoms with Gasteiger partial charge < -0.3 is 11.5 Å². The molecule has 0 heterocycles. The third-order valence-corrected chi connectivity index (χ3v) is 1.67. The maximum atomic E-state index is 5.34. The Kier molecular flexibility index (Phi) is 1.30. The predicted octanol–water partition coefficient (Wildman–Crippen LogP) is -0.460. The summed E-state index contributed by atoms with van der Waals surface area (Å²) in [6.45, 7) is 1.67. The summed E-state index contributed by atoms with van der Waals surface area (Å²) in [4.78, 5) is 0. The Morgan fingerprint density at radius 3 is 1.71 bits per heavy atom. The third-order valence-electron chi connectivity index (χ3n) is 1.67. The van der Waals surface area contributed by atoms with Gasteiger partial charge in [-0.15, -0.1) is 0 Å². The minimum absolute atomic E-state index is 0.769. The van der Waals surface area contributed by atoms with Gasteiger partial charge in [0.15, 0.2) is 0 Å². The Balaban J connectivity index is 2.06. The van der Waals surface area contributed by atoms with Crippen LogP contribution in [0.4, 0.5) is 0 Å². The Bertz CT molecular complexity index is 55.1. The molecular weight excluding hydrogens is 88.1 g/mol. The fourth-order valence-corrected chi connectivity index (χ4v) is 0.888. The number of hydrogen-bond acceptors (Lipinski definition) is 2. The molecule has 0 amide bonds. The first-order chi connectivity index (χ1) is 3.38. The molecule has 1 aliphatic carbocycles. The van der Waals surface area contributed by atoms with Crippen LogP contribution in [-0.2, 0) is 0 Å². The van der Waals surface area contributed by atoms with Gasteiger partial charge in [0.25, 0.3) is 0 Å². The highest BCUT2D eigenvalue weighted by Crippen LogP contribution is 2.35. The van der Waals surface area contributed by atoms with Crippen LogP contribution in [0.2, 0.25) is 0 Å². The van der Waals surface area contributed by atoms with Crippen molar-refractivity contribution in [2.24, 2.45) is 23.3 Å². The molecule has 2 atom stereocenters. The minimum atomic E-state index is 0.769. The van der Waals surface area contributed by atoms with E-state index in [1.807, 2.05) is 0 Å². The Labute approximate surface area is 43.9 Å². The number of nitrogens with two attached hydrogens (primary N) is 2. The van der Waals surface area contributed by atoms with Gasteiger partial charge in [-0.1, -0.05) is 0 Å². The topological polar surface area (TPSA) is 52.0 Å². The lowest BCUT2D eigenvalue weighted by Crippen LogP contribution is -2.08. The molecular formula is C5H12N2. The predicted molar refractivity (Wildman–Crippen MR) is 29.7 cm³/mol. The number of hydrogen-bond donors (Lipinski definition) is 2. The Morgan fingerprint density at radius 2 is 1.57 bits per heavy atom. The van der Waals surface area contributed by atoms with E-state index in [0.717, 1.165) is 24.9 Å². The van der Waals surface area contributed by atoms with Gasteiger partial charge in [0.05, 0.1) is 0 Å². The van der Waals surface area contributed by atoms with Crippen LogP contribution in [0.5, 0.6) is 0 Å². The van der Waals surface area contributed by atoms with Crippen molar-refractivity contribution in [1.82, 2.24) is 0 Å². The summed E-state index contributed by atoms with van der Waals surface area (Å²) in [7, 11) is 0. The van der Waals surface area contributed by atoms with Crippen LogP contribution in [0.1, 0.15) is 6.42 Å². The van der Waals surface area contributed by atoms with Crippen molar-refractivity contribution in [3.63, 3.8) is 0 Å². The maximum Gasteiger partial charge on any atom is -0.00456 e. The van der Waals surface area contributed by atoms with Gasteiger partial charge in [0.2, 0.25) is 0 Å². The molecule has 0 bridgehead atoms. The summed E-state index contributed by atoms with van der Waals surface area (Å²) < 4.78 is 0. The second-order valence-electron chi connectivity index (χ2n) is 2.23. The minimum Gasteiger partial charge on any atom is -0.330 e. The maximum absolute atomic E-state index is 5.34. The standard InChI is InChI=1S/C5H12N2/c6-2-4-1-5(4)3-7/h4-5H,1-3,6-7H2/t4-,5-/m1/s1. The highest BCUT2D eigenvalue weighted by Gasteiger charge is 2.33. The van der Waals surface area contributed by atoms with E-state index in [-0.39, 0.29) is 0 Å². The van der Waals surface area contributed by atoms with E-state index in [9.17, 15) is 0 Å². The molecule has 2 heteroatoms. The lowest BCUT2D eigenvalue weighted by atomic mass is 10.3. The second kappa shape index (κ2) is 1.80. The quantitative estimate of drug-likeness (QED) is 0.493. The lowest BCUT2D eigenvalue weighted by Gasteiger charge is -1.86. The number of rotatable bonds is 2. The van der Waals surface area contributed by atoms with E-state index < -0.39 is 0 Å². The van der Waals surface area contributed by atoms with Crippen molar-refractivity contribution in [3.8, 4) is 0 Å². The smallest absolute Gasteiger partial charge is 0.00456 e. The summed E-state index contributed by atoms with van der Waals surface area (Å²) in [5.74, 6) is 1.54. The van der Waals surface area contributed by atoms with Crippen molar-refractivity contribution >= 4 is 0 Å². The molecule has 0 saturated heterocycles. The molecule has 1 fully saturated rings. The first-order valence-electron chi connectivity index (χ1n) is 2.78. The zero-order valence-electron chi connectivity index (χ0n) is 4.43. The summed E-state index contributed by atoms with van der Waals surface area (Å²) in [5.41, 5.74) is 10.7. The van der Waals surface area contributed by atoms with Gasteiger partial charge in [-0.3, -0.25) is 0 Å². The molecule has 0 radical (unpaired) electrons. The van der Waals surface area contributed by atoms with Gasteiger partial charge in [-0.2, -0.15) is 0 Å². The average molecular weight is 100 g/mol. The largest absolute Gasteiger partial charge is 0.330 e. The second-order valence-corrected chi connectivity index (χ2v) is 2.23. The van der Waals surface area contributed by atoms with Crippen LogP contribution >= 0.6 is 0 Å². The monoisotopic (exact) mass is 100 g/mol. The molecule has 2 nitrogen and oxygen atoms in total. The molecule has 42 valence electrons. The van der Waals surface area contributed by atoms with Crippen LogP contribution in [0.3, 0.4) is 0 Å². The average Bonchev–Trinajstić information content (AvgIpc) is 2.43. The van der Waals surface area contributed by atoms with Crippen LogP contribution in [0.25, 0.3) is 0 Å². The van der Waals surface area contributed by atoms with E-state index in [2.05, 4.69) is 0 Å². The summed E-state index contributed by atoms with van der Waals surface area (Å²) in [5, 5.41) is 0. The summed E-state index contributed by atoms with van der Waals surface area (Å²) in [6, 6.07) is 0. The van der Waals surface area contributed by atoms with Crippen LogP contribution in [-0.4, -0.2) is 13.1 Å². The summed E-state index contributed by atoms with van der Waals surface area (Å²) >= 11 is 0. The van der Waals surface area contributed by atoms with Gasteiger partial charge in [0, 0.05) is 0 Å². The van der Waals surface area contributed by atoms with Crippen molar-refractivity contribution in [1.29, 1.82) is 0 Å². The van der Waals surface area contributed by atoms with Gasteiger partial charge in [-0.05, 0) is 31.3 Å². The SMILES string of the molecule is NC[C@H]1C[C@@H]1CN. The molecule has 0 aliphatic heterocycles. The molecule has 0 aromatic rings. The van der Waals surface area contributed by atoms with E-state index in [1.54, 1.807) is 0 Å². The van der Waals surface area contributed by atoms with Crippen molar-refractivity contribution in [2.45, 2.75) is 6.42 Å². The van der Waals surface area contributed by atoms with Crippen molar-refractivity contribution < 1.29 is 0 Å². The summed E-state index contributed by atoms with van der Waals surface area (Å²) in [6.07, 6.45) is 1.27. The molecule has 1 saturated carbocycles. The first kappa shape index (κ1) is 5.06. The van der Waals surface area contributed by atoms with E-state index in [1.165, 1.54) is 6.42 Å². The molecule has 0 spiro atoms. The van der Waals surface area contributed by atoms with E-state index >= 15 is 0 Å². The van der Waals surface area contributed by atoms with Gasteiger partial charge in [0.1, 0.15) is 0 Å². The molecule has 1 aliphatic rings. The highest BCUT2D eigenvalue weighted by atomic mass is 14.7. The van der Waals surface area contributed by atoms with Crippen LogP contribution in [0, 0.1) is 11.8 Å². The Hall–Kier alpha value is -0.0800. The third kappa shape index (κ3) is 0.924. The molecule has 0 unspecified atom stereocenters. The zero-order valence-corrected chi connectivity index (χ0v) is 4.43. The van der Waals surface area contributed by atoms with Crippen LogP contribution in [0.15, 0.2) is 0 Å². The Morgan fingerprint density at radius 1 is 1.14 bits per heavy atom. The molecule has 4 N–H and O–H groups in total. The van der Waals surface area contributed by atoms with Gasteiger partial charge in [-0.25, -0.2) is 0 Å². The van der Waals surface area contributed by atoms with Crippen molar-refractivity contribution in [3.05, 3.63) is 0 Å².